The number of guanidine groups is 1. The van der Waals surface area contributed by atoms with E-state index >= 15 is 0 Å². The lowest BCUT2D eigenvalue weighted by Gasteiger charge is -2.25. The van der Waals surface area contributed by atoms with Crippen molar-refractivity contribution in [2.75, 3.05) is 32.9 Å². The lowest BCUT2D eigenvalue weighted by Crippen LogP contribution is -2.44. The molecule has 6 nitrogen and oxygen atoms in total. The average Bonchev–Trinajstić information content (AvgIpc) is 2.50. The summed E-state index contributed by atoms with van der Waals surface area (Å²) >= 11 is 0. The first kappa shape index (κ1) is 21.9. The zero-order valence-corrected chi connectivity index (χ0v) is 17.1. The van der Waals surface area contributed by atoms with Gasteiger partial charge in [-0.25, -0.2) is 12.7 Å². The van der Waals surface area contributed by atoms with E-state index in [1.807, 2.05) is 0 Å². The quantitative estimate of drug-likeness (QED) is 0.271. The Morgan fingerprint density at radius 2 is 1.91 bits per heavy atom. The first-order chi connectivity index (χ1) is 9.99. The Balaban J connectivity index is 0.00000441. The van der Waals surface area contributed by atoms with Crippen molar-refractivity contribution in [2.24, 2.45) is 4.99 Å². The maximum Gasteiger partial charge on any atom is 0.213 e. The molecule has 1 fully saturated rings. The highest BCUT2D eigenvalue weighted by Gasteiger charge is 2.15. The molecule has 0 aromatic rings. The Morgan fingerprint density at radius 3 is 2.45 bits per heavy atom. The molecule has 0 aromatic heterocycles. The van der Waals surface area contributed by atoms with Crippen LogP contribution in [-0.4, -0.2) is 57.7 Å². The van der Waals surface area contributed by atoms with Gasteiger partial charge in [0.2, 0.25) is 10.0 Å². The zero-order chi connectivity index (χ0) is 15.7. The fourth-order valence-corrected chi connectivity index (χ4v) is 3.35. The molecule has 0 unspecified atom stereocenters. The highest BCUT2D eigenvalue weighted by Crippen LogP contribution is 2.17. The van der Waals surface area contributed by atoms with Crippen molar-refractivity contribution >= 4 is 40.0 Å². The number of hydrogen-bond acceptors (Lipinski definition) is 3. The largest absolute Gasteiger partial charge is 0.356 e. The molecule has 1 aliphatic rings. The van der Waals surface area contributed by atoms with Gasteiger partial charge in [0.05, 0.1) is 5.75 Å². The van der Waals surface area contributed by atoms with Gasteiger partial charge in [-0.2, -0.15) is 0 Å². The molecule has 0 aromatic carbocycles. The summed E-state index contributed by atoms with van der Waals surface area (Å²) in [6, 6.07) is 0.521. The molecule has 0 spiro atoms. The third-order valence-corrected chi connectivity index (χ3v) is 5.81. The topological polar surface area (TPSA) is 73.8 Å². The minimum absolute atomic E-state index is 0. The summed E-state index contributed by atoms with van der Waals surface area (Å²) in [4.78, 5) is 4.23. The van der Waals surface area contributed by atoms with E-state index in [9.17, 15) is 8.42 Å². The Morgan fingerprint density at radius 1 is 1.27 bits per heavy atom. The maximum atomic E-state index is 11.6. The van der Waals surface area contributed by atoms with E-state index in [2.05, 4.69) is 15.6 Å². The zero-order valence-electron chi connectivity index (χ0n) is 14.0. The van der Waals surface area contributed by atoms with Crippen LogP contribution in [0.2, 0.25) is 0 Å². The normalized spacial score (nSPS) is 17.2. The number of rotatable bonds is 7. The minimum atomic E-state index is -3.07. The molecule has 132 valence electrons. The van der Waals surface area contributed by atoms with Crippen LogP contribution in [0.3, 0.4) is 0 Å². The third kappa shape index (κ3) is 7.96. The molecule has 0 amide bonds. The molecule has 1 rings (SSSR count). The number of nitrogens with zero attached hydrogens (tertiary/aromatic N) is 2. The van der Waals surface area contributed by atoms with E-state index in [1.165, 1.54) is 36.4 Å². The summed E-state index contributed by atoms with van der Waals surface area (Å²) in [6.07, 6.45) is 7.09. The highest BCUT2D eigenvalue weighted by molar-refractivity contribution is 14.0. The average molecular weight is 446 g/mol. The summed E-state index contributed by atoms with van der Waals surface area (Å²) in [5.74, 6) is 0.977. The van der Waals surface area contributed by atoms with Crippen molar-refractivity contribution in [3.05, 3.63) is 0 Å². The number of halogens is 1. The van der Waals surface area contributed by atoms with E-state index in [0.717, 1.165) is 18.9 Å². The van der Waals surface area contributed by atoms with Crippen LogP contribution in [-0.2, 0) is 10.0 Å². The molecule has 8 heteroatoms. The van der Waals surface area contributed by atoms with Crippen LogP contribution in [0.5, 0.6) is 0 Å². The van der Waals surface area contributed by atoms with Gasteiger partial charge >= 0.3 is 0 Å². The first-order valence-corrected chi connectivity index (χ1v) is 9.51. The Bertz CT molecular complexity index is 423. The third-order valence-electron chi connectivity index (χ3n) is 3.95. The first-order valence-electron chi connectivity index (χ1n) is 7.90. The predicted molar refractivity (Wildman–Crippen MR) is 103 cm³/mol. The highest BCUT2D eigenvalue weighted by atomic mass is 127. The van der Waals surface area contributed by atoms with Crippen molar-refractivity contribution in [1.82, 2.24) is 14.9 Å². The molecule has 0 heterocycles. The van der Waals surface area contributed by atoms with Gasteiger partial charge in [-0.1, -0.05) is 19.3 Å². The van der Waals surface area contributed by atoms with Crippen molar-refractivity contribution in [2.45, 2.75) is 51.5 Å². The van der Waals surface area contributed by atoms with Crippen molar-refractivity contribution in [1.29, 1.82) is 0 Å². The fourth-order valence-electron chi connectivity index (χ4n) is 2.50. The van der Waals surface area contributed by atoms with Crippen LogP contribution in [0.15, 0.2) is 4.99 Å². The summed E-state index contributed by atoms with van der Waals surface area (Å²) < 4.78 is 24.7. The van der Waals surface area contributed by atoms with E-state index in [1.54, 1.807) is 21.0 Å². The number of aliphatic imine (C=N–C) groups is 1. The molecule has 1 aliphatic carbocycles. The lowest BCUT2D eigenvalue weighted by molar-refractivity contribution is 0.409. The molecule has 2 N–H and O–H groups in total. The van der Waals surface area contributed by atoms with Crippen molar-refractivity contribution in [3.63, 3.8) is 0 Å². The van der Waals surface area contributed by atoms with Gasteiger partial charge < -0.3 is 10.6 Å². The van der Waals surface area contributed by atoms with Gasteiger partial charge in [0, 0.05) is 33.2 Å². The monoisotopic (exact) mass is 446 g/mol. The van der Waals surface area contributed by atoms with Crippen LogP contribution in [0.1, 0.15) is 45.4 Å². The Hall–Kier alpha value is -0.0900. The van der Waals surface area contributed by atoms with Crippen molar-refractivity contribution in [3.8, 4) is 0 Å². The summed E-state index contributed by atoms with van der Waals surface area (Å²) in [6.45, 7) is 2.92. The Labute approximate surface area is 152 Å². The van der Waals surface area contributed by atoms with Gasteiger partial charge in [0.1, 0.15) is 0 Å². The summed E-state index contributed by atoms with van der Waals surface area (Å²) in [5, 5.41) is 6.70. The number of sulfonamides is 1. The van der Waals surface area contributed by atoms with Crippen LogP contribution < -0.4 is 10.6 Å². The van der Waals surface area contributed by atoms with Crippen LogP contribution in [0.25, 0.3) is 0 Å². The van der Waals surface area contributed by atoms with Crippen LogP contribution in [0, 0.1) is 0 Å². The Kier molecular flexibility index (Phi) is 11.4. The minimum Gasteiger partial charge on any atom is -0.356 e. The molecule has 0 aliphatic heterocycles. The van der Waals surface area contributed by atoms with Gasteiger partial charge in [0.25, 0.3) is 0 Å². The van der Waals surface area contributed by atoms with Crippen molar-refractivity contribution < 1.29 is 8.42 Å². The molecular formula is C14H31IN4O2S. The van der Waals surface area contributed by atoms with Crippen LogP contribution >= 0.6 is 24.0 Å². The molecule has 22 heavy (non-hydrogen) atoms. The predicted octanol–water partition coefficient (Wildman–Crippen LogP) is 1.77. The van der Waals surface area contributed by atoms with E-state index in [0.29, 0.717) is 12.6 Å². The van der Waals surface area contributed by atoms with E-state index in [-0.39, 0.29) is 29.7 Å². The van der Waals surface area contributed by atoms with Gasteiger partial charge in [-0.05, 0) is 26.2 Å². The summed E-state index contributed by atoms with van der Waals surface area (Å²) in [7, 11) is 0.335. The molecule has 0 radical (unpaired) electrons. The number of nitrogens with one attached hydrogen (secondary N) is 2. The smallest absolute Gasteiger partial charge is 0.213 e. The van der Waals surface area contributed by atoms with Gasteiger partial charge in [-0.15, -0.1) is 24.0 Å². The second kappa shape index (κ2) is 11.4. The second-order valence-electron chi connectivity index (χ2n) is 5.55. The maximum absolute atomic E-state index is 11.6. The molecule has 1 saturated carbocycles. The second-order valence-corrected chi connectivity index (χ2v) is 7.92. The van der Waals surface area contributed by atoms with E-state index in [4.69, 9.17) is 0 Å². The van der Waals surface area contributed by atoms with Gasteiger partial charge in [0.15, 0.2) is 5.96 Å². The molecule has 0 atom stereocenters. The molecular weight excluding hydrogens is 415 g/mol. The van der Waals surface area contributed by atoms with E-state index < -0.39 is 10.0 Å². The number of hydrogen-bond donors (Lipinski definition) is 2. The van der Waals surface area contributed by atoms with Gasteiger partial charge in [-0.3, -0.25) is 4.99 Å². The standard InChI is InChI=1S/C14H30N4O2S.HI/c1-4-21(19,20)18(3)12-8-11-16-14(15-2)17-13-9-6-5-7-10-13;/h13H,4-12H2,1-3H3,(H2,15,16,17);1H. The lowest BCUT2D eigenvalue weighted by atomic mass is 9.96. The van der Waals surface area contributed by atoms with Crippen LogP contribution in [0.4, 0.5) is 0 Å². The molecule has 0 bridgehead atoms. The summed E-state index contributed by atoms with van der Waals surface area (Å²) in [5.41, 5.74) is 0. The fraction of sp³-hybridized carbons (Fsp3) is 0.929. The molecule has 0 saturated heterocycles. The SMILES string of the molecule is CCS(=O)(=O)N(C)CCCNC(=NC)NC1CCCCC1.I.